The van der Waals surface area contributed by atoms with Crippen LogP contribution in [0.15, 0.2) is 71.2 Å². The Balaban J connectivity index is 1.96. The van der Waals surface area contributed by atoms with Crippen LogP contribution in [0.1, 0.15) is 37.4 Å². The monoisotopic (exact) mass is 406 g/mol. The van der Waals surface area contributed by atoms with Crippen LogP contribution < -0.4 is 0 Å². The number of carbonyl (C=O) groups is 2. The van der Waals surface area contributed by atoms with Crippen LogP contribution in [0.2, 0.25) is 0 Å². The Morgan fingerprint density at radius 3 is 2.34 bits per heavy atom. The molecule has 0 spiro atoms. The van der Waals surface area contributed by atoms with E-state index < -0.39 is 12.0 Å². The number of thioether (sulfide) groups is 1. The number of ether oxygens (including phenoxy) is 1. The fourth-order valence-electron chi connectivity index (χ4n) is 3.66. The zero-order chi connectivity index (χ0) is 20.4. The number of esters is 1. The largest absolute Gasteiger partial charge is 0.463 e. The molecule has 0 aromatic heterocycles. The summed E-state index contributed by atoms with van der Waals surface area (Å²) in [6.45, 7) is 4.02. The second kappa shape index (κ2) is 8.25. The minimum atomic E-state index is -0.561. The van der Waals surface area contributed by atoms with Gasteiger partial charge < -0.3 is 4.74 Å². The van der Waals surface area contributed by atoms with Crippen molar-refractivity contribution in [3.63, 3.8) is 0 Å². The Morgan fingerprint density at radius 2 is 1.72 bits per heavy atom. The van der Waals surface area contributed by atoms with Crippen LogP contribution in [-0.4, -0.2) is 33.8 Å². The molecular weight excluding hydrogens is 384 g/mol. The standard InChI is InChI=1S/C23H22N2O3S/c1-3-17-21(26)25-20(16-13-9-6-10-14-16)18(22(27)28-4-2)19(24-23(25)29-17)15-11-7-5-8-12-15/h5-14,17,20H,3-4H2,1-2H3/t17-,20+/m0/s1. The first-order chi connectivity index (χ1) is 14.2. The molecule has 0 bridgehead atoms. The van der Waals surface area contributed by atoms with E-state index in [0.29, 0.717) is 22.9 Å². The summed E-state index contributed by atoms with van der Waals surface area (Å²) >= 11 is 1.47. The number of hydrogen-bond donors (Lipinski definition) is 0. The SMILES string of the molecule is CCOC(=O)C1=C(c2ccccc2)N=C2S[C@@H](CC)C(=O)N2[C@@H]1c1ccccc1. The summed E-state index contributed by atoms with van der Waals surface area (Å²) in [7, 11) is 0. The van der Waals surface area contributed by atoms with Gasteiger partial charge in [-0.3, -0.25) is 9.69 Å². The zero-order valence-electron chi connectivity index (χ0n) is 16.4. The van der Waals surface area contributed by atoms with Crippen LogP contribution in [0.25, 0.3) is 5.70 Å². The summed E-state index contributed by atoms with van der Waals surface area (Å²) in [6.07, 6.45) is 0.704. The molecular formula is C23H22N2O3S. The normalized spacial score (nSPS) is 21.1. The average Bonchev–Trinajstić information content (AvgIpc) is 3.09. The van der Waals surface area contributed by atoms with E-state index in [1.807, 2.05) is 67.6 Å². The first-order valence-corrected chi connectivity index (χ1v) is 10.6. The fraction of sp³-hybridized carbons (Fsp3) is 0.261. The predicted octanol–water partition coefficient (Wildman–Crippen LogP) is 4.43. The molecule has 0 N–H and O–H groups in total. The maximum atomic E-state index is 13.2. The van der Waals surface area contributed by atoms with Gasteiger partial charge in [-0.25, -0.2) is 9.79 Å². The number of benzene rings is 2. The van der Waals surface area contributed by atoms with E-state index in [1.54, 1.807) is 11.8 Å². The molecule has 2 aromatic carbocycles. The van der Waals surface area contributed by atoms with Gasteiger partial charge in [0.1, 0.15) is 0 Å². The van der Waals surface area contributed by atoms with Crippen LogP contribution in [0.4, 0.5) is 0 Å². The van der Waals surface area contributed by atoms with Crippen molar-refractivity contribution in [2.75, 3.05) is 6.61 Å². The number of amidine groups is 1. The topological polar surface area (TPSA) is 59.0 Å². The Hall–Kier alpha value is -2.86. The number of fused-ring (bicyclic) bond motifs is 1. The number of aliphatic imine (C=N–C) groups is 1. The van der Waals surface area contributed by atoms with Crippen molar-refractivity contribution in [3.8, 4) is 0 Å². The Morgan fingerprint density at radius 1 is 1.07 bits per heavy atom. The van der Waals surface area contributed by atoms with Gasteiger partial charge in [-0.1, -0.05) is 79.3 Å². The first kappa shape index (κ1) is 19.5. The minimum Gasteiger partial charge on any atom is -0.463 e. The molecule has 0 saturated carbocycles. The third-order valence-electron chi connectivity index (χ3n) is 4.99. The van der Waals surface area contributed by atoms with E-state index in [1.165, 1.54) is 11.8 Å². The maximum absolute atomic E-state index is 13.2. The van der Waals surface area contributed by atoms with Crippen molar-refractivity contribution in [1.82, 2.24) is 4.90 Å². The van der Waals surface area contributed by atoms with E-state index in [0.717, 1.165) is 11.1 Å². The summed E-state index contributed by atoms with van der Waals surface area (Å²) < 4.78 is 5.41. The van der Waals surface area contributed by atoms with Crippen molar-refractivity contribution in [2.24, 2.45) is 4.99 Å². The molecule has 0 unspecified atom stereocenters. The van der Waals surface area contributed by atoms with Gasteiger partial charge in [0.05, 0.1) is 29.2 Å². The third-order valence-corrected chi connectivity index (χ3v) is 6.31. The highest BCUT2D eigenvalue weighted by Crippen LogP contribution is 2.46. The van der Waals surface area contributed by atoms with Crippen molar-refractivity contribution >= 4 is 34.5 Å². The van der Waals surface area contributed by atoms with Gasteiger partial charge in [0.2, 0.25) is 5.91 Å². The van der Waals surface area contributed by atoms with Crippen molar-refractivity contribution in [1.29, 1.82) is 0 Å². The van der Waals surface area contributed by atoms with Gasteiger partial charge in [0, 0.05) is 5.56 Å². The van der Waals surface area contributed by atoms with Crippen LogP contribution in [0.5, 0.6) is 0 Å². The van der Waals surface area contributed by atoms with Gasteiger partial charge >= 0.3 is 5.97 Å². The lowest BCUT2D eigenvalue weighted by atomic mass is 9.92. The van der Waals surface area contributed by atoms with E-state index >= 15 is 0 Å². The molecule has 2 atom stereocenters. The lowest BCUT2D eigenvalue weighted by molar-refractivity contribution is -0.139. The van der Waals surface area contributed by atoms with Crippen molar-refractivity contribution in [2.45, 2.75) is 31.6 Å². The van der Waals surface area contributed by atoms with Crippen LogP contribution in [0, 0.1) is 0 Å². The van der Waals surface area contributed by atoms with Gasteiger partial charge in [0.25, 0.3) is 0 Å². The fourth-order valence-corrected chi connectivity index (χ4v) is 4.75. The third kappa shape index (κ3) is 3.49. The highest BCUT2D eigenvalue weighted by molar-refractivity contribution is 8.15. The molecule has 148 valence electrons. The second-order valence-electron chi connectivity index (χ2n) is 6.78. The molecule has 2 aliphatic heterocycles. The number of amides is 1. The molecule has 29 heavy (non-hydrogen) atoms. The summed E-state index contributed by atoms with van der Waals surface area (Å²) in [5.41, 5.74) is 2.67. The highest BCUT2D eigenvalue weighted by atomic mass is 32.2. The number of nitrogens with zero attached hydrogens (tertiary/aromatic N) is 2. The van der Waals surface area contributed by atoms with Crippen molar-refractivity contribution in [3.05, 3.63) is 77.4 Å². The van der Waals surface area contributed by atoms with Crippen LogP contribution in [0.3, 0.4) is 0 Å². The summed E-state index contributed by atoms with van der Waals surface area (Å²) in [6, 6.07) is 18.7. The smallest absolute Gasteiger partial charge is 0.338 e. The van der Waals surface area contributed by atoms with Gasteiger partial charge in [-0.2, -0.15) is 0 Å². The van der Waals surface area contributed by atoms with Gasteiger partial charge in [-0.15, -0.1) is 0 Å². The number of rotatable bonds is 5. The second-order valence-corrected chi connectivity index (χ2v) is 7.95. The Bertz CT molecular complexity index is 986. The van der Waals surface area contributed by atoms with E-state index in [-0.39, 0.29) is 17.8 Å². The quantitative estimate of drug-likeness (QED) is 0.690. The van der Waals surface area contributed by atoms with Gasteiger partial charge in [0.15, 0.2) is 5.17 Å². The van der Waals surface area contributed by atoms with Crippen LogP contribution in [-0.2, 0) is 14.3 Å². The highest BCUT2D eigenvalue weighted by Gasteiger charge is 2.47. The molecule has 0 aliphatic carbocycles. The summed E-state index contributed by atoms with van der Waals surface area (Å²) in [5, 5.41) is 0.445. The predicted molar refractivity (Wildman–Crippen MR) is 115 cm³/mol. The summed E-state index contributed by atoms with van der Waals surface area (Å²) in [5.74, 6) is -0.459. The molecule has 1 fully saturated rings. The first-order valence-electron chi connectivity index (χ1n) is 9.75. The van der Waals surface area contributed by atoms with E-state index in [2.05, 4.69) is 0 Å². The lowest BCUT2D eigenvalue weighted by Crippen LogP contribution is -2.40. The van der Waals surface area contributed by atoms with Crippen LogP contribution >= 0.6 is 11.8 Å². The number of hydrogen-bond acceptors (Lipinski definition) is 5. The lowest BCUT2D eigenvalue weighted by Gasteiger charge is -2.33. The average molecular weight is 407 g/mol. The molecule has 2 aromatic rings. The minimum absolute atomic E-state index is 0.0148. The Labute approximate surface area is 174 Å². The maximum Gasteiger partial charge on any atom is 0.338 e. The Kier molecular flexibility index (Phi) is 5.53. The van der Waals surface area contributed by atoms with E-state index in [9.17, 15) is 9.59 Å². The zero-order valence-corrected chi connectivity index (χ0v) is 17.2. The summed E-state index contributed by atoms with van der Waals surface area (Å²) in [4.78, 5) is 32.8. The molecule has 0 radical (unpaired) electrons. The molecule has 2 aliphatic rings. The van der Waals surface area contributed by atoms with Gasteiger partial charge in [-0.05, 0) is 18.9 Å². The molecule has 6 heteroatoms. The van der Waals surface area contributed by atoms with E-state index in [4.69, 9.17) is 9.73 Å². The number of carbonyl (C=O) groups excluding carboxylic acids is 2. The molecule has 5 nitrogen and oxygen atoms in total. The molecule has 4 rings (SSSR count). The molecule has 1 saturated heterocycles. The van der Waals surface area contributed by atoms with Crippen molar-refractivity contribution < 1.29 is 14.3 Å². The molecule has 2 heterocycles. The molecule has 1 amide bonds.